The van der Waals surface area contributed by atoms with Gasteiger partial charge >= 0.3 is 6.18 Å². The number of carbonyl (C=O) groups excluding carboxylic acids is 1. The predicted octanol–water partition coefficient (Wildman–Crippen LogP) is 4.98. The van der Waals surface area contributed by atoms with Crippen molar-refractivity contribution in [3.8, 4) is 17.3 Å². The Balaban J connectivity index is 0.996. The van der Waals surface area contributed by atoms with E-state index in [1.165, 1.54) is 6.07 Å². The molecule has 1 saturated heterocycles. The van der Waals surface area contributed by atoms with Crippen molar-refractivity contribution in [3.63, 3.8) is 0 Å². The summed E-state index contributed by atoms with van der Waals surface area (Å²) in [5.74, 6) is -1.90. The molecule has 5 heterocycles. The van der Waals surface area contributed by atoms with E-state index in [4.69, 9.17) is 15.6 Å². The van der Waals surface area contributed by atoms with Gasteiger partial charge in [0.25, 0.3) is 5.91 Å². The quantitative estimate of drug-likeness (QED) is 0.165. The Hall–Kier alpha value is -4.24. The van der Waals surface area contributed by atoms with Crippen molar-refractivity contribution in [1.29, 1.82) is 5.26 Å². The summed E-state index contributed by atoms with van der Waals surface area (Å²) in [4.78, 5) is 33.7. The van der Waals surface area contributed by atoms with E-state index in [0.29, 0.717) is 65.2 Å². The van der Waals surface area contributed by atoms with Crippen LogP contribution in [0.4, 0.5) is 13.2 Å². The predicted molar refractivity (Wildman–Crippen MR) is 188 cm³/mol. The number of nitriles is 1. The Morgan fingerprint density at radius 3 is 2.54 bits per heavy atom. The van der Waals surface area contributed by atoms with Crippen LogP contribution >= 0.6 is 0 Å². The standard InChI is InChI=1S/C35H44F3N11O2Si/c1-52(2,3)16-15-51-23-48-10-5-26-29(41-22-42-30(26)48)24-20-43-49(21-24)33(8-9-39)18-25(19-33)46-11-13-47(14-12-46)31(50)27-17-28(34(40)6-4-7-34)45-32(44-27)35(36,37)38/h5,10,17,20-22,25H,4,6-8,11-16,18-19,23,40H2,1-3H3. The van der Waals surface area contributed by atoms with Crippen LogP contribution in [-0.2, 0) is 28.7 Å². The molecule has 4 aromatic rings. The van der Waals surface area contributed by atoms with Crippen LogP contribution in [0.1, 0.15) is 60.5 Å². The number of amides is 1. The summed E-state index contributed by atoms with van der Waals surface area (Å²) in [6, 6.07) is 6.92. The third kappa shape index (κ3) is 7.08. The van der Waals surface area contributed by atoms with Gasteiger partial charge in [-0.1, -0.05) is 19.6 Å². The van der Waals surface area contributed by atoms with Gasteiger partial charge in [-0.2, -0.15) is 23.5 Å². The molecule has 4 aromatic heterocycles. The summed E-state index contributed by atoms with van der Waals surface area (Å²) >= 11 is 0. The Bertz CT molecular complexity index is 1980. The summed E-state index contributed by atoms with van der Waals surface area (Å²) in [6.45, 7) is 9.87. The minimum Gasteiger partial charge on any atom is -0.361 e. The van der Waals surface area contributed by atoms with E-state index >= 15 is 0 Å². The van der Waals surface area contributed by atoms with Gasteiger partial charge in [0.2, 0.25) is 5.82 Å². The first-order chi connectivity index (χ1) is 24.7. The molecule has 13 nitrogen and oxygen atoms in total. The maximum Gasteiger partial charge on any atom is 0.451 e. The maximum absolute atomic E-state index is 13.7. The van der Waals surface area contributed by atoms with Crippen LogP contribution in [0.5, 0.6) is 0 Å². The summed E-state index contributed by atoms with van der Waals surface area (Å²) in [5.41, 5.74) is 6.99. The lowest BCUT2D eigenvalue weighted by Gasteiger charge is -2.52. The molecule has 1 amide bonds. The van der Waals surface area contributed by atoms with Gasteiger partial charge in [-0.05, 0) is 50.3 Å². The van der Waals surface area contributed by atoms with Gasteiger partial charge in [-0.25, -0.2) is 19.9 Å². The molecule has 0 atom stereocenters. The zero-order chi connectivity index (χ0) is 36.9. The number of halogens is 3. The number of ether oxygens (including phenoxy) is 1. The number of carbonyl (C=O) groups is 1. The smallest absolute Gasteiger partial charge is 0.361 e. The van der Waals surface area contributed by atoms with Crippen LogP contribution in [-0.4, -0.2) is 96.9 Å². The highest BCUT2D eigenvalue weighted by Crippen LogP contribution is 2.45. The molecule has 0 unspecified atom stereocenters. The molecule has 2 saturated carbocycles. The molecular formula is C35H44F3N11O2Si. The molecule has 2 N–H and O–H groups in total. The van der Waals surface area contributed by atoms with E-state index in [9.17, 15) is 23.2 Å². The monoisotopic (exact) mass is 735 g/mol. The molecule has 276 valence electrons. The minimum atomic E-state index is -4.80. The molecule has 1 aliphatic heterocycles. The number of rotatable bonds is 11. The molecule has 0 aromatic carbocycles. The average Bonchev–Trinajstić information content (AvgIpc) is 3.74. The van der Waals surface area contributed by atoms with Gasteiger partial charge in [0, 0.05) is 70.2 Å². The number of piperazine rings is 1. The van der Waals surface area contributed by atoms with Crippen molar-refractivity contribution >= 4 is 25.0 Å². The molecule has 0 spiro atoms. The third-order valence-electron chi connectivity index (χ3n) is 10.8. The van der Waals surface area contributed by atoms with Crippen molar-refractivity contribution in [1.82, 2.24) is 44.1 Å². The van der Waals surface area contributed by atoms with Gasteiger partial charge in [0.15, 0.2) is 0 Å². The van der Waals surface area contributed by atoms with Crippen LogP contribution in [0.2, 0.25) is 25.7 Å². The summed E-state index contributed by atoms with van der Waals surface area (Å²) in [5, 5.41) is 15.4. The van der Waals surface area contributed by atoms with Gasteiger partial charge in [0.1, 0.15) is 24.4 Å². The van der Waals surface area contributed by atoms with Gasteiger partial charge in [0.05, 0.1) is 41.2 Å². The number of nitrogens with zero attached hydrogens (tertiary/aromatic N) is 10. The summed E-state index contributed by atoms with van der Waals surface area (Å²) in [6.07, 6.45) is 5.93. The van der Waals surface area contributed by atoms with Gasteiger partial charge in [-0.15, -0.1) is 0 Å². The molecule has 7 rings (SSSR count). The molecule has 0 radical (unpaired) electrons. The Kier molecular flexibility index (Phi) is 9.47. The van der Waals surface area contributed by atoms with E-state index in [-0.39, 0.29) is 23.9 Å². The molecule has 52 heavy (non-hydrogen) atoms. The van der Waals surface area contributed by atoms with Crippen LogP contribution in [0.25, 0.3) is 22.3 Å². The van der Waals surface area contributed by atoms with Crippen molar-refractivity contribution in [2.75, 3.05) is 32.8 Å². The first-order valence-electron chi connectivity index (χ1n) is 17.8. The van der Waals surface area contributed by atoms with Crippen molar-refractivity contribution in [3.05, 3.63) is 54.3 Å². The van der Waals surface area contributed by atoms with Crippen molar-refractivity contribution in [2.45, 2.75) is 94.2 Å². The highest BCUT2D eigenvalue weighted by atomic mass is 28.3. The third-order valence-corrected chi connectivity index (χ3v) is 12.5. The second-order valence-corrected chi connectivity index (χ2v) is 21.3. The number of alkyl halides is 3. The topological polar surface area (TPSA) is 157 Å². The Labute approximate surface area is 301 Å². The summed E-state index contributed by atoms with van der Waals surface area (Å²) in [7, 11) is -1.19. The summed E-state index contributed by atoms with van der Waals surface area (Å²) < 4.78 is 50.9. The van der Waals surface area contributed by atoms with E-state index in [1.54, 1.807) is 17.4 Å². The second-order valence-electron chi connectivity index (χ2n) is 15.7. The largest absolute Gasteiger partial charge is 0.451 e. The fourth-order valence-corrected chi connectivity index (χ4v) is 8.18. The second kappa shape index (κ2) is 13.6. The highest BCUT2D eigenvalue weighted by molar-refractivity contribution is 6.76. The molecule has 0 bridgehead atoms. The number of aromatic nitrogens is 7. The lowest BCUT2D eigenvalue weighted by atomic mass is 9.70. The average molecular weight is 736 g/mol. The molecular weight excluding hydrogens is 692 g/mol. The van der Waals surface area contributed by atoms with Crippen LogP contribution in [0, 0.1) is 11.3 Å². The molecule has 2 aliphatic carbocycles. The maximum atomic E-state index is 13.7. The minimum absolute atomic E-state index is 0.0634. The van der Waals surface area contributed by atoms with E-state index in [1.807, 2.05) is 27.7 Å². The zero-order valence-electron chi connectivity index (χ0n) is 29.7. The first kappa shape index (κ1) is 36.1. The lowest BCUT2D eigenvalue weighted by molar-refractivity contribution is -0.145. The first-order valence-corrected chi connectivity index (χ1v) is 21.5. The fourth-order valence-electron chi connectivity index (χ4n) is 7.42. The molecule has 3 fully saturated rings. The molecule has 3 aliphatic rings. The van der Waals surface area contributed by atoms with E-state index in [0.717, 1.165) is 34.8 Å². The Morgan fingerprint density at radius 2 is 1.88 bits per heavy atom. The number of hydrogen-bond donors (Lipinski definition) is 1. The highest BCUT2D eigenvalue weighted by Gasteiger charge is 2.49. The van der Waals surface area contributed by atoms with Gasteiger partial charge < -0.3 is 19.9 Å². The number of fused-ring (bicyclic) bond motifs is 1. The van der Waals surface area contributed by atoms with Crippen molar-refractivity contribution in [2.24, 2.45) is 5.73 Å². The van der Waals surface area contributed by atoms with Crippen LogP contribution in [0.15, 0.2) is 37.1 Å². The van der Waals surface area contributed by atoms with Crippen molar-refractivity contribution < 1.29 is 22.7 Å². The van der Waals surface area contributed by atoms with E-state index in [2.05, 4.69) is 50.5 Å². The number of hydrogen-bond acceptors (Lipinski definition) is 10. The van der Waals surface area contributed by atoms with Crippen LogP contribution in [0.3, 0.4) is 0 Å². The SMILES string of the molecule is C[Si](C)(C)CCOCn1ccc2c(-c3cnn(C4(CC#N)CC(N5CCN(C(=O)c6cc(C7(N)CCC7)nc(C(F)(F)F)n6)CC5)C4)c3)ncnc21. The van der Waals surface area contributed by atoms with Crippen LogP contribution < -0.4 is 5.73 Å². The Morgan fingerprint density at radius 1 is 1.13 bits per heavy atom. The lowest BCUT2D eigenvalue weighted by Crippen LogP contribution is -2.60. The fraction of sp³-hybridized carbons (Fsp3) is 0.571. The molecule has 17 heteroatoms. The van der Waals surface area contributed by atoms with E-state index < -0.39 is 37.1 Å². The number of nitrogens with two attached hydrogens (primary N) is 1. The van der Waals surface area contributed by atoms with Gasteiger partial charge in [-0.3, -0.25) is 14.4 Å². The normalized spacial score (nSPS) is 22.2. The zero-order valence-corrected chi connectivity index (χ0v) is 30.7.